The molecule has 0 aliphatic carbocycles. The summed E-state index contributed by atoms with van der Waals surface area (Å²) in [5, 5.41) is 3.40. The summed E-state index contributed by atoms with van der Waals surface area (Å²) in [6.45, 7) is 7.67. The third-order valence-electron chi connectivity index (χ3n) is 3.04. The van der Waals surface area contributed by atoms with Gasteiger partial charge in [0.15, 0.2) is 0 Å². The maximum Gasteiger partial charge on any atom is 0.105 e. The number of nitrogens with zero attached hydrogens (tertiary/aromatic N) is 2. The standard InChI is InChI=1S/C11H19N3/c1-9-8-14(10(2)13-9)6-4-11-3-5-12-7-11/h8,11-12H,3-7H2,1-2H3. The number of aromatic nitrogens is 2. The Bertz CT molecular complexity index is 297. The number of aryl methyl sites for hydroxylation is 3. The largest absolute Gasteiger partial charge is 0.335 e. The molecule has 0 saturated carbocycles. The van der Waals surface area contributed by atoms with E-state index in [1.54, 1.807) is 0 Å². The molecule has 1 aromatic heterocycles. The van der Waals surface area contributed by atoms with Gasteiger partial charge in [-0.25, -0.2) is 4.98 Å². The van der Waals surface area contributed by atoms with Crippen molar-refractivity contribution in [2.45, 2.75) is 33.2 Å². The third-order valence-corrected chi connectivity index (χ3v) is 3.04. The molecule has 1 aliphatic rings. The van der Waals surface area contributed by atoms with E-state index in [9.17, 15) is 0 Å². The van der Waals surface area contributed by atoms with E-state index < -0.39 is 0 Å². The molecule has 1 atom stereocenters. The van der Waals surface area contributed by atoms with E-state index in [4.69, 9.17) is 0 Å². The van der Waals surface area contributed by atoms with Crippen LogP contribution in [0.1, 0.15) is 24.4 Å². The van der Waals surface area contributed by atoms with Gasteiger partial charge in [-0.1, -0.05) is 0 Å². The summed E-state index contributed by atoms with van der Waals surface area (Å²) in [4.78, 5) is 4.40. The molecule has 3 nitrogen and oxygen atoms in total. The van der Waals surface area contributed by atoms with E-state index in [0.29, 0.717) is 0 Å². The summed E-state index contributed by atoms with van der Waals surface area (Å²) < 4.78 is 2.27. The summed E-state index contributed by atoms with van der Waals surface area (Å²) in [5.74, 6) is 2.02. The molecule has 0 bridgehead atoms. The fraction of sp³-hybridized carbons (Fsp3) is 0.727. The predicted molar refractivity (Wildman–Crippen MR) is 57.3 cm³/mol. The van der Waals surface area contributed by atoms with Crippen molar-refractivity contribution >= 4 is 0 Å². The van der Waals surface area contributed by atoms with Crippen molar-refractivity contribution in [2.75, 3.05) is 13.1 Å². The Balaban J connectivity index is 1.87. The minimum atomic E-state index is 0.872. The highest BCUT2D eigenvalue weighted by atomic mass is 15.1. The van der Waals surface area contributed by atoms with Gasteiger partial charge in [0.2, 0.25) is 0 Å². The molecule has 1 aliphatic heterocycles. The zero-order valence-corrected chi connectivity index (χ0v) is 9.08. The van der Waals surface area contributed by atoms with Crippen molar-refractivity contribution in [1.29, 1.82) is 0 Å². The van der Waals surface area contributed by atoms with Crippen LogP contribution in [-0.2, 0) is 6.54 Å². The first-order chi connectivity index (χ1) is 6.75. The zero-order valence-electron chi connectivity index (χ0n) is 9.08. The van der Waals surface area contributed by atoms with Crippen LogP contribution in [0.2, 0.25) is 0 Å². The molecule has 0 spiro atoms. The molecule has 0 amide bonds. The van der Waals surface area contributed by atoms with E-state index in [2.05, 4.69) is 34.9 Å². The Morgan fingerprint density at radius 3 is 3.00 bits per heavy atom. The van der Waals surface area contributed by atoms with Crippen molar-refractivity contribution in [3.8, 4) is 0 Å². The number of hydrogen-bond acceptors (Lipinski definition) is 2. The lowest BCUT2D eigenvalue weighted by molar-refractivity contribution is 0.475. The molecule has 1 unspecified atom stereocenters. The molecular weight excluding hydrogens is 174 g/mol. The van der Waals surface area contributed by atoms with Gasteiger partial charge in [-0.15, -0.1) is 0 Å². The van der Waals surface area contributed by atoms with Crippen molar-refractivity contribution in [3.05, 3.63) is 17.7 Å². The van der Waals surface area contributed by atoms with E-state index in [1.165, 1.54) is 25.9 Å². The van der Waals surface area contributed by atoms with Gasteiger partial charge < -0.3 is 9.88 Å². The summed E-state index contributed by atoms with van der Waals surface area (Å²) in [5.41, 5.74) is 1.13. The minimum Gasteiger partial charge on any atom is -0.335 e. The topological polar surface area (TPSA) is 29.9 Å². The summed E-state index contributed by atoms with van der Waals surface area (Å²) in [6, 6.07) is 0. The van der Waals surface area contributed by atoms with Crippen LogP contribution in [0.25, 0.3) is 0 Å². The van der Waals surface area contributed by atoms with Crippen LogP contribution in [0.15, 0.2) is 6.20 Å². The lowest BCUT2D eigenvalue weighted by atomic mass is 10.1. The maximum atomic E-state index is 4.40. The molecule has 3 heteroatoms. The Kier molecular flexibility index (Phi) is 2.87. The highest BCUT2D eigenvalue weighted by Gasteiger charge is 2.14. The fourth-order valence-electron chi connectivity index (χ4n) is 2.18. The first-order valence-electron chi connectivity index (χ1n) is 5.47. The number of imidazole rings is 1. The molecular formula is C11H19N3. The van der Waals surface area contributed by atoms with E-state index in [-0.39, 0.29) is 0 Å². The van der Waals surface area contributed by atoms with Crippen molar-refractivity contribution in [1.82, 2.24) is 14.9 Å². The molecule has 2 rings (SSSR count). The van der Waals surface area contributed by atoms with Gasteiger partial charge in [-0.05, 0) is 45.7 Å². The molecule has 14 heavy (non-hydrogen) atoms. The first kappa shape index (κ1) is 9.71. The van der Waals surface area contributed by atoms with Gasteiger partial charge in [0, 0.05) is 12.7 Å². The van der Waals surface area contributed by atoms with Crippen LogP contribution in [-0.4, -0.2) is 22.6 Å². The summed E-state index contributed by atoms with van der Waals surface area (Å²) in [7, 11) is 0. The Morgan fingerprint density at radius 2 is 2.43 bits per heavy atom. The third kappa shape index (κ3) is 2.15. The molecule has 2 heterocycles. The van der Waals surface area contributed by atoms with Gasteiger partial charge >= 0.3 is 0 Å². The quantitative estimate of drug-likeness (QED) is 0.788. The highest BCUT2D eigenvalue weighted by Crippen LogP contribution is 2.14. The Hall–Kier alpha value is -0.830. The SMILES string of the molecule is Cc1cn(CCC2CCNC2)c(C)n1. The van der Waals surface area contributed by atoms with Crippen molar-refractivity contribution < 1.29 is 0 Å². The van der Waals surface area contributed by atoms with Gasteiger partial charge in [-0.3, -0.25) is 0 Å². The molecule has 1 aromatic rings. The second kappa shape index (κ2) is 4.13. The highest BCUT2D eigenvalue weighted by molar-refractivity contribution is 5.00. The van der Waals surface area contributed by atoms with Crippen LogP contribution in [0, 0.1) is 19.8 Å². The molecule has 78 valence electrons. The number of hydrogen-bond donors (Lipinski definition) is 1. The predicted octanol–water partition coefficient (Wildman–Crippen LogP) is 1.50. The average Bonchev–Trinajstić information content (AvgIpc) is 2.72. The van der Waals surface area contributed by atoms with Gasteiger partial charge in [0.05, 0.1) is 5.69 Å². The molecule has 0 radical (unpaired) electrons. The minimum absolute atomic E-state index is 0.872. The zero-order chi connectivity index (χ0) is 9.97. The van der Waals surface area contributed by atoms with E-state index >= 15 is 0 Å². The first-order valence-corrected chi connectivity index (χ1v) is 5.47. The lowest BCUT2D eigenvalue weighted by Gasteiger charge is -2.09. The Morgan fingerprint density at radius 1 is 1.57 bits per heavy atom. The van der Waals surface area contributed by atoms with Crippen LogP contribution in [0.3, 0.4) is 0 Å². The van der Waals surface area contributed by atoms with Gasteiger partial charge in [0.1, 0.15) is 5.82 Å². The van der Waals surface area contributed by atoms with E-state index in [1.807, 2.05) is 0 Å². The summed E-state index contributed by atoms with van der Waals surface area (Å²) >= 11 is 0. The van der Waals surface area contributed by atoms with Crippen LogP contribution < -0.4 is 5.32 Å². The van der Waals surface area contributed by atoms with Crippen molar-refractivity contribution in [3.63, 3.8) is 0 Å². The number of rotatable bonds is 3. The van der Waals surface area contributed by atoms with E-state index in [0.717, 1.165) is 24.0 Å². The molecule has 1 fully saturated rings. The lowest BCUT2D eigenvalue weighted by Crippen LogP contribution is -2.11. The molecule has 1 N–H and O–H groups in total. The average molecular weight is 193 g/mol. The maximum absolute atomic E-state index is 4.40. The fourth-order valence-corrected chi connectivity index (χ4v) is 2.18. The summed E-state index contributed by atoms with van der Waals surface area (Å²) in [6.07, 6.45) is 4.77. The molecule has 1 saturated heterocycles. The van der Waals surface area contributed by atoms with Crippen LogP contribution in [0.5, 0.6) is 0 Å². The van der Waals surface area contributed by atoms with Crippen molar-refractivity contribution in [2.24, 2.45) is 5.92 Å². The van der Waals surface area contributed by atoms with Crippen LogP contribution in [0.4, 0.5) is 0 Å². The van der Waals surface area contributed by atoms with Gasteiger partial charge in [-0.2, -0.15) is 0 Å². The van der Waals surface area contributed by atoms with Crippen LogP contribution >= 0.6 is 0 Å². The second-order valence-electron chi connectivity index (χ2n) is 4.27. The normalized spacial score (nSPS) is 21.7. The van der Waals surface area contributed by atoms with Gasteiger partial charge in [0.25, 0.3) is 0 Å². The smallest absolute Gasteiger partial charge is 0.105 e. The second-order valence-corrected chi connectivity index (χ2v) is 4.27. The molecule has 0 aromatic carbocycles. The monoisotopic (exact) mass is 193 g/mol. The Labute approximate surface area is 85.5 Å². The number of nitrogens with one attached hydrogen (secondary N) is 1.